The molecule has 166 valence electrons. The zero-order valence-corrected chi connectivity index (χ0v) is 18.1. The van der Waals surface area contributed by atoms with Gasteiger partial charge in [0.15, 0.2) is 10.8 Å². The normalized spacial score (nSPS) is 19.8. The van der Waals surface area contributed by atoms with Crippen molar-refractivity contribution >= 4 is 50.3 Å². The van der Waals surface area contributed by atoms with Crippen molar-refractivity contribution in [3.05, 3.63) is 11.1 Å². The summed E-state index contributed by atoms with van der Waals surface area (Å²) in [7, 11) is -4.75. The number of ether oxygens (including phenoxy) is 1. The number of nitrogens with two attached hydrogens (primary N) is 1. The van der Waals surface area contributed by atoms with E-state index in [2.05, 4.69) is 15.5 Å². The summed E-state index contributed by atoms with van der Waals surface area (Å²) in [6.45, 7) is 5.79. The van der Waals surface area contributed by atoms with Gasteiger partial charge in [-0.25, -0.2) is 14.1 Å². The highest BCUT2D eigenvalue weighted by molar-refractivity contribution is 7.84. The Morgan fingerprint density at radius 2 is 2.10 bits per heavy atom. The van der Waals surface area contributed by atoms with Crippen LogP contribution in [0.4, 0.5) is 5.13 Å². The van der Waals surface area contributed by atoms with Gasteiger partial charge in [0, 0.05) is 5.38 Å². The Hall–Kier alpha value is -2.78. The lowest BCUT2D eigenvalue weighted by Gasteiger charge is -2.42. The second-order valence-electron chi connectivity index (χ2n) is 6.64. The van der Waals surface area contributed by atoms with E-state index in [1.54, 1.807) is 6.92 Å². The molecule has 2 atom stereocenters. The number of carbonyl (C=O) groups excluding carboxylic acids is 3. The van der Waals surface area contributed by atoms with Gasteiger partial charge in [0.2, 0.25) is 5.60 Å². The molecule has 2 amide bonds. The lowest BCUT2D eigenvalue weighted by atomic mass is 10.0. The monoisotopic (exact) mass is 463 g/mol. The highest BCUT2D eigenvalue weighted by Gasteiger charge is 2.51. The van der Waals surface area contributed by atoms with Gasteiger partial charge < -0.3 is 20.6 Å². The van der Waals surface area contributed by atoms with Gasteiger partial charge in [0.05, 0.1) is 12.6 Å². The molecule has 13 nitrogen and oxygen atoms in total. The highest BCUT2D eigenvalue weighted by Crippen LogP contribution is 2.23. The summed E-state index contributed by atoms with van der Waals surface area (Å²) >= 11 is 1.01. The summed E-state index contributed by atoms with van der Waals surface area (Å²) < 4.78 is 36.5. The molecule has 1 aliphatic heterocycles. The van der Waals surface area contributed by atoms with E-state index in [0.29, 0.717) is 0 Å². The van der Waals surface area contributed by atoms with Crippen molar-refractivity contribution in [1.82, 2.24) is 14.6 Å². The number of nitrogens with zero attached hydrogens (tertiary/aromatic N) is 3. The van der Waals surface area contributed by atoms with E-state index in [0.717, 1.165) is 11.3 Å². The first-order valence-electron chi connectivity index (χ1n) is 8.56. The molecule has 0 bridgehead atoms. The zero-order chi connectivity index (χ0) is 22.9. The van der Waals surface area contributed by atoms with Crippen LogP contribution in [0.1, 0.15) is 33.4 Å². The molecular formula is C15H21N5O8S2. The number of hydrogen-bond donors (Lipinski definition) is 3. The first-order chi connectivity index (χ1) is 13.8. The topological polar surface area (TPSA) is 191 Å². The number of nitrogen functional groups attached to an aromatic ring is 1. The Kier molecular flexibility index (Phi) is 6.68. The van der Waals surface area contributed by atoms with Gasteiger partial charge in [-0.05, 0) is 27.7 Å². The Morgan fingerprint density at radius 3 is 2.57 bits per heavy atom. The third-order valence-electron chi connectivity index (χ3n) is 3.98. The molecular weight excluding hydrogens is 442 g/mol. The Balaban J connectivity index is 2.25. The quantitative estimate of drug-likeness (QED) is 0.146. The molecule has 0 aliphatic carbocycles. The van der Waals surface area contributed by atoms with Crippen LogP contribution >= 0.6 is 11.3 Å². The van der Waals surface area contributed by atoms with Crippen molar-refractivity contribution in [2.45, 2.75) is 45.4 Å². The van der Waals surface area contributed by atoms with Crippen LogP contribution in [-0.4, -0.2) is 70.0 Å². The number of amides is 2. The van der Waals surface area contributed by atoms with Crippen molar-refractivity contribution in [1.29, 1.82) is 0 Å². The van der Waals surface area contributed by atoms with Gasteiger partial charge in [-0.15, -0.1) is 11.3 Å². The molecule has 0 spiro atoms. The fourth-order valence-electron chi connectivity index (χ4n) is 2.42. The lowest BCUT2D eigenvalue weighted by molar-refractivity contribution is -0.167. The fraction of sp³-hybridized carbons (Fsp3) is 0.533. The second kappa shape index (κ2) is 8.53. The summed E-state index contributed by atoms with van der Waals surface area (Å²) in [5.41, 5.74) is 3.67. The molecule has 0 radical (unpaired) electrons. The number of hydrogen-bond acceptors (Lipinski definition) is 11. The van der Waals surface area contributed by atoms with Gasteiger partial charge in [0.1, 0.15) is 11.7 Å². The number of anilines is 1. The number of nitrogens with one attached hydrogen (secondary N) is 1. The minimum Gasteiger partial charge on any atom is -0.463 e. The molecule has 2 rings (SSSR count). The summed E-state index contributed by atoms with van der Waals surface area (Å²) in [5, 5.41) is 7.55. The number of oxime groups is 1. The van der Waals surface area contributed by atoms with Crippen LogP contribution < -0.4 is 11.1 Å². The van der Waals surface area contributed by atoms with Crippen LogP contribution in [0.2, 0.25) is 0 Å². The lowest BCUT2D eigenvalue weighted by Crippen LogP contribution is -2.71. The molecule has 1 aliphatic rings. The van der Waals surface area contributed by atoms with Gasteiger partial charge >= 0.3 is 16.3 Å². The number of carbonyl (C=O) groups is 3. The molecule has 1 aromatic heterocycles. The first-order valence-corrected chi connectivity index (χ1v) is 10.8. The SMILES string of the molecule is CCOC(=O)C(C)(C)O/N=C(\C(=O)N[C@@H]1C(=O)N(S(=O)(=O)O)[C@H]1C)c1csc(N)n1. The van der Waals surface area contributed by atoms with Crippen LogP contribution in [0.15, 0.2) is 10.5 Å². The van der Waals surface area contributed by atoms with Gasteiger partial charge in [-0.1, -0.05) is 5.16 Å². The molecule has 0 aromatic carbocycles. The molecule has 30 heavy (non-hydrogen) atoms. The molecule has 1 fully saturated rings. The van der Waals surface area contributed by atoms with E-state index >= 15 is 0 Å². The summed E-state index contributed by atoms with van der Waals surface area (Å²) in [6.07, 6.45) is 0. The van der Waals surface area contributed by atoms with E-state index < -0.39 is 51.5 Å². The maximum atomic E-state index is 12.7. The molecule has 0 saturated carbocycles. The van der Waals surface area contributed by atoms with E-state index in [4.69, 9.17) is 19.9 Å². The van der Waals surface area contributed by atoms with Crippen molar-refractivity contribution in [2.24, 2.45) is 5.16 Å². The van der Waals surface area contributed by atoms with E-state index in [9.17, 15) is 22.8 Å². The predicted octanol–water partition coefficient (Wildman–Crippen LogP) is -0.694. The van der Waals surface area contributed by atoms with Crippen LogP contribution in [0.3, 0.4) is 0 Å². The van der Waals surface area contributed by atoms with E-state index in [1.165, 1.54) is 26.2 Å². The average molecular weight is 463 g/mol. The molecule has 2 heterocycles. The third kappa shape index (κ3) is 4.85. The zero-order valence-electron chi connectivity index (χ0n) is 16.5. The van der Waals surface area contributed by atoms with Crippen LogP contribution in [-0.2, 0) is 34.3 Å². The predicted molar refractivity (Wildman–Crippen MR) is 105 cm³/mol. The summed E-state index contributed by atoms with van der Waals surface area (Å²) in [6, 6.07) is -2.27. The fourth-order valence-corrected chi connectivity index (χ4v) is 3.85. The third-order valence-corrected chi connectivity index (χ3v) is 5.67. The van der Waals surface area contributed by atoms with Gasteiger partial charge in [0.25, 0.3) is 11.8 Å². The highest BCUT2D eigenvalue weighted by atomic mass is 32.2. The number of aromatic nitrogens is 1. The van der Waals surface area contributed by atoms with E-state index in [-0.39, 0.29) is 21.7 Å². The van der Waals surface area contributed by atoms with Gasteiger partial charge in [-0.2, -0.15) is 8.42 Å². The minimum atomic E-state index is -4.75. The Labute approximate surface area is 176 Å². The Morgan fingerprint density at radius 1 is 1.47 bits per heavy atom. The number of β-lactam (4-membered cyclic amide) rings is 1. The molecule has 0 unspecified atom stereocenters. The summed E-state index contributed by atoms with van der Waals surface area (Å²) in [5.74, 6) is -2.68. The minimum absolute atomic E-state index is 0.0146. The van der Waals surface area contributed by atoms with Crippen LogP contribution in [0.25, 0.3) is 0 Å². The molecule has 1 saturated heterocycles. The molecule has 4 N–H and O–H groups in total. The van der Waals surface area contributed by atoms with Crippen LogP contribution in [0.5, 0.6) is 0 Å². The molecule has 15 heteroatoms. The van der Waals surface area contributed by atoms with Gasteiger partial charge in [-0.3, -0.25) is 14.1 Å². The number of esters is 1. The van der Waals surface area contributed by atoms with E-state index in [1.807, 2.05) is 0 Å². The largest absolute Gasteiger partial charge is 0.463 e. The number of rotatable bonds is 8. The number of thiazole rings is 1. The maximum absolute atomic E-state index is 12.7. The molecule has 1 aromatic rings. The van der Waals surface area contributed by atoms with Crippen molar-refractivity contribution in [3.63, 3.8) is 0 Å². The summed E-state index contributed by atoms with van der Waals surface area (Å²) in [4.78, 5) is 45.8. The van der Waals surface area contributed by atoms with Crippen molar-refractivity contribution < 1.29 is 36.9 Å². The average Bonchev–Trinajstić information content (AvgIpc) is 3.05. The van der Waals surface area contributed by atoms with Crippen molar-refractivity contribution in [2.75, 3.05) is 12.3 Å². The van der Waals surface area contributed by atoms with Crippen LogP contribution in [0, 0.1) is 0 Å². The first kappa shape index (κ1) is 23.5. The smallest absolute Gasteiger partial charge is 0.362 e. The maximum Gasteiger partial charge on any atom is 0.362 e. The van der Waals surface area contributed by atoms with Crippen molar-refractivity contribution in [3.8, 4) is 0 Å². The Bertz CT molecular complexity index is 987. The standard InChI is InChI=1S/C15H21N5O8S2/c1-5-27-13(23)15(3,4)28-19-10(8-6-29-14(16)17-8)11(21)18-9-7(2)20(12(9)22)30(24,25)26/h6-7,9H,5H2,1-4H3,(H2,16,17)(H,18,21)(H,24,25,26)/b19-10-/t7-,9-/m0/s1. The second-order valence-corrected chi connectivity index (χ2v) is 8.82.